The predicted octanol–water partition coefficient (Wildman–Crippen LogP) is 6.18. The van der Waals surface area contributed by atoms with E-state index >= 15 is 0 Å². The number of methoxy groups -OCH3 is 2. The van der Waals surface area contributed by atoms with Gasteiger partial charge in [-0.15, -0.1) is 0 Å². The molecule has 1 saturated heterocycles. The summed E-state index contributed by atoms with van der Waals surface area (Å²) < 4.78 is 17.3. The number of pyridine rings is 1. The van der Waals surface area contributed by atoms with Crippen LogP contribution in [-0.4, -0.2) is 37.2 Å². The lowest BCUT2D eigenvalue weighted by Crippen LogP contribution is -2.29. The van der Waals surface area contributed by atoms with Gasteiger partial charge in [-0.3, -0.25) is 14.7 Å². The Morgan fingerprint density at radius 1 is 0.971 bits per heavy atom. The SMILES string of the molecule is COc1ccc(-c2oc3c(-c4ccncc4)cc(CN4CCCCC4)cc3c(=O)c2OC)cc1Cl. The molecular weight excluding hydrogens is 464 g/mol. The highest BCUT2D eigenvalue weighted by molar-refractivity contribution is 6.32. The van der Waals surface area contributed by atoms with Gasteiger partial charge >= 0.3 is 0 Å². The molecule has 0 unspecified atom stereocenters. The monoisotopic (exact) mass is 490 g/mol. The summed E-state index contributed by atoms with van der Waals surface area (Å²) in [6.45, 7) is 2.92. The highest BCUT2D eigenvalue weighted by Gasteiger charge is 2.22. The van der Waals surface area contributed by atoms with Crippen molar-refractivity contribution in [2.45, 2.75) is 25.8 Å². The van der Waals surface area contributed by atoms with E-state index in [1.54, 1.807) is 37.7 Å². The van der Waals surface area contributed by atoms with Gasteiger partial charge in [0, 0.05) is 30.1 Å². The number of aromatic nitrogens is 1. The standard InChI is InChI=1S/C28H27ClN2O4/c1-33-24-7-6-20(16-23(24)29)26-28(34-2)25(32)22-15-18(17-31-12-4-3-5-13-31)14-21(27(22)35-26)19-8-10-30-11-9-19/h6-11,14-16H,3-5,12-13,17H2,1-2H3. The van der Waals surface area contributed by atoms with Gasteiger partial charge in [-0.2, -0.15) is 0 Å². The Balaban J connectivity index is 1.73. The van der Waals surface area contributed by atoms with Gasteiger partial charge in [0.05, 0.1) is 24.6 Å². The van der Waals surface area contributed by atoms with Gasteiger partial charge in [0.15, 0.2) is 5.76 Å². The summed E-state index contributed by atoms with van der Waals surface area (Å²) >= 11 is 6.38. The molecule has 0 spiro atoms. The molecule has 1 fully saturated rings. The van der Waals surface area contributed by atoms with E-state index in [0.717, 1.165) is 36.3 Å². The zero-order valence-electron chi connectivity index (χ0n) is 19.8. The summed E-state index contributed by atoms with van der Waals surface area (Å²) in [6.07, 6.45) is 7.16. The van der Waals surface area contributed by atoms with Gasteiger partial charge < -0.3 is 13.9 Å². The van der Waals surface area contributed by atoms with Crippen LogP contribution in [-0.2, 0) is 6.54 Å². The van der Waals surface area contributed by atoms with E-state index < -0.39 is 0 Å². The highest BCUT2D eigenvalue weighted by Crippen LogP contribution is 2.38. The normalized spacial score (nSPS) is 14.3. The number of ether oxygens (including phenoxy) is 2. The number of likely N-dealkylation sites (tertiary alicyclic amines) is 1. The molecule has 0 bridgehead atoms. The Morgan fingerprint density at radius 3 is 2.43 bits per heavy atom. The van der Waals surface area contributed by atoms with Crippen LogP contribution in [0.2, 0.25) is 5.02 Å². The molecule has 0 amide bonds. The molecule has 6 nitrogen and oxygen atoms in total. The van der Waals surface area contributed by atoms with Crippen molar-refractivity contribution < 1.29 is 13.9 Å². The van der Waals surface area contributed by atoms with Crippen LogP contribution in [0.25, 0.3) is 33.4 Å². The van der Waals surface area contributed by atoms with Crippen molar-refractivity contribution in [1.82, 2.24) is 9.88 Å². The van der Waals surface area contributed by atoms with Gasteiger partial charge in [-0.1, -0.05) is 18.0 Å². The Morgan fingerprint density at radius 2 is 1.74 bits per heavy atom. The maximum absolute atomic E-state index is 13.7. The fourth-order valence-corrected chi connectivity index (χ4v) is 4.99. The Labute approximate surface area is 209 Å². The molecule has 35 heavy (non-hydrogen) atoms. The van der Waals surface area contributed by atoms with E-state index in [2.05, 4.69) is 16.0 Å². The van der Waals surface area contributed by atoms with E-state index in [0.29, 0.717) is 33.1 Å². The Bertz CT molecular complexity index is 1410. The maximum Gasteiger partial charge on any atom is 0.235 e. The summed E-state index contributed by atoms with van der Waals surface area (Å²) in [6, 6.07) is 13.2. The van der Waals surface area contributed by atoms with Crippen LogP contribution in [0.5, 0.6) is 11.5 Å². The van der Waals surface area contributed by atoms with Crippen molar-refractivity contribution in [1.29, 1.82) is 0 Å². The van der Waals surface area contributed by atoms with Crippen LogP contribution in [0, 0.1) is 0 Å². The number of halogens is 1. The van der Waals surface area contributed by atoms with E-state index in [-0.39, 0.29) is 11.2 Å². The molecule has 4 aromatic rings. The molecule has 180 valence electrons. The second-order valence-electron chi connectivity index (χ2n) is 8.74. The fourth-order valence-electron chi connectivity index (χ4n) is 4.74. The van der Waals surface area contributed by atoms with Crippen molar-refractivity contribution in [2.24, 2.45) is 0 Å². The van der Waals surface area contributed by atoms with Crippen LogP contribution in [0.1, 0.15) is 24.8 Å². The largest absolute Gasteiger partial charge is 0.495 e. The lowest BCUT2D eigenvalue weighted by atomic mass is 9.98. The zero-order chi connectivity index (χ0) is 24.4. The summed E-state index contributed by atoms with van der Waals surface area (Å²) in [7, 11) is 3.04. The molecule has 2 aromatic carbocycles. The van der Waals surface area contributed by atoms with Crippen molar-refractivity contribution in [3.05, 3.63) is 75.7 Å². The average molecular weight is 491 g/mol. The zero-order valence-corrected chi connectivity index (χ0v) is 20.6. The number of piperidine rings is 1. The quantitative estimate of drug-likeness (QED) is 0.321. The first-order valence-corrected chi connectivity index (χ1v) is 12.1. The van der Waals surface area contributed by atoms with Crippen LogP contribution in [0.4, 0.5) is 0 Å². The first-order valence-electron chi connectivity index (χ1n) is 11.7. The number of hydrogen-bond acceptors (Lipinski definition) is 6. The smallest absolute Gasteiger partial charge is 0.235 e. The third kappa shape index (κ3) is 4.64. The third-order valence-corrected chi connectivity index (χ3v) is 6.77. The molecule has 3 heterocycles. The van der Waals surface area contributed by atoms with E-state index in [1.165, 1.54) is 26.4 Å². The minimum absolute atomic E-state index is 0.148. The first-order chi connectivity index (χ1) is 17.1. The Kier molecular flexibility index (Phi) is 6.75. The molecule has 5 rings (SSSR count). The number of benzene rings is 2. The fraction of sp³-hybridized carbons (Fsp3) is 0.286. The molecule has 7 heteroatoms. The summed E-state index contributed by atoms with van der Waals surface area (Å²) in [5.41, 5.74) is 3.76. The van der Waals surface area contributed by atoms with E-state index in [4.69, 9.17) is 25.5 Å². The molecule has 0 N–H and O–H groups in total. The maximum atomic E-state index is 13.7. The second kappa shape index (κ2) is 10.1. The minimum Gasteiger partial charge on any atom is -0.495 e. The molecule has 0 atom stereocenters. The van der Waals surface area contributed by atoms with Crippen LogP contribution < -0.4 is 14.9 Å². The predicted molar refractivity (Wildman–Crippen MR) is 138 cm³/mol. The van der Waals surface area contributed by atoms with E-state index in [9.17, 15) is 4.79 Å². The third-order valence-electron chi connectivity index (χ3n) is 6.47. The van der Waals surface area contributed by atoms with Crippen molar-refractivity contribution in [2.75, 3.05) is 27.3 Å². The lowest BCUT2D eigenvalue weighted by molar-refractivity contribution is 0.221. The van der Waals surface area contributed by atoms with Crippen molar-refractivity contribution in [3.63, 3.8) is 0 Å². The molecule has 1 aliphatic heterocycles. The average Bonchev–Trinajstić information content (AvgIpc) is 2.89. The lowest BCUT2D eigenvalue weighted by Gasteiger charge is -2.26. The van der Waals surface area contributed by atoms with Crippen LogP contribution >= 0.6 is 11.6 Å². The second-order valence-corrected chi connectivity index (χ2v) is 9.14. The van der Waals surface area contributed by atoms with Gasteiger partial charge in [-0.05, 0) is 79.5 Å². The van der Waals surface area contributed by atoms with Gasteiger partial charge in [0.25, 0.3) is 0 Å². The summed E-state index contributed by atoms with van der Waals surface area (Å²) in [5.74, 6) is 1.01. The number of hydrogen-bond donors (Lipinski definition) is 0. The van der Waals surface area contributed by atoms with Crippen molar-refractivity contribution in [3.8, 4) is 33.9 Å². The number of fused-ring (bicyclic) bond motifs is 1. The van der Waals surface area contributed by atoms with Crippen molar-refractivity contribution >= 4 is 22.6 Å². The Hall–Kier alpha value is -3.35. The number of nitrogens with zero attached hydrogens (tertiary/aromatic N) is 2. The summed E-state index contributed by atoms with van der Waals surface area (Å²) in [4.78, 5) is 20.3. The topological polar surface area (TPSA) is 64.8 Å². The van der Waals surface area contributed by atoms with Gasteiger partial charge in [0.1, 0.15) is 11.3 Å². The van der Waals surface area contributed by atoms with Gasteiger partial charge in [-0.25, -0.2) is 0 Å². The van der Waals surface area contributed by atoms with Crippen LogP contribution in [0.15, 0.2) is 64.1 Å². The van der Waals surface area contributed by atoms with E-state index in [1.807, 2.05) is 18.2 Å². The molecule has 0 saturated carbocycles. The first kappa shape index (κ1) is 23.4. The molecule has 0 aliphatic carbocycles. The van der Waals surface area contributed by atoms with Gasteiger partial charge in [0.2, 0.25) is 11.2 Å². The number of rotatable bonds is 6. The van der Waals surface area contributed by atoms with Crippen LogP contribution in [0.3, 0.4) is 0 Å². The molecular formula is C28H27ClN2O4. The molecule has 0 radical (unpaired) electrons. The highest BCUT2D eigenvalue weighted by atomic mass is 35.5. The molecule has 2 aromatic heterocycles. The minimum atomic E-state index is -0.216. The molecule has 1 aliphatic rings. The summed E-state index contributed by atoms with van der Waals surface area (Å²) in [5, 5.41) is 0.910.